The maximum Gasteiger partial charge on any atom is 0.251 e. The highest BCUT2D eigenvalue weighted by molar-refractivity contribution is 9.10. The molecule has 1 aliphatic heterocycles. The molecule has 1 aliphatic rings. The number of amides is 1. The fourth-order valence-electron chi connectivity index (χ4n) is 2.61. The molecule has 5 heteroatoms. The summed E-state index contributed by atoms with van der Waals surface area (Å²) in [6.07, 6.45) is 2.22. The topological polar surface area (TPSA) is 47.6 Å². The van der Waals surface area contributed by atoms with E-state index in [-0.39, 0.29) is 12.0 Å². The van der Waals surface area contributed by atoms with Gasteiger partial charge in [-0.1, -0.05) is 30.3 Å². The van der Waals surface area contributed by atoms with Crippen molar-refractivity contribution in [3.8, 4) is 5.75 Å². The number of nitrogens with one attached hydrogen (secondary N) is 1. The number of carbonyl (C=O) groups is 1. The summed E-state index contributed by atoms with van der Waals surface area (Å²) in [6, 6.07) is 15.3. The zero-order chi connectivity index (χ0) is 16.8. The van der Waals surface area contributed by atoms with E-state index in [1.807, 2.05) is 36.4 Å². The van der Waals surface area contributed by atoms with E-state index in [1.165, 1.54) is 0 Å². The van der Waals surface area contributed by atoms with Gasteiger partial charge in [-0.05, 0) is 52.5 Å². The lowest BCUT2D eigenvalue weighted by Crippen LogP contribution is -2.31. The van der Waals surface area contributed by atoms with Crippen LogP contribution in [0.5, 0.6) is 5.75 Å². The van der Waals surface area contributed by atoms with Gasteiger partial charge in [-0.2, -0.15) is 0 Å². The molecular formula is C19H20BrNO3. The molecule has 0 bridgehead atoms. The van der Waals surface area contributed by atoms with Crippen LogP contribution in [0, 0.1) is 0 Å². The predicted molar refractivity (Wildman–Crippen MR) is 96.2 cm³/mol. The lowest BCUT2D eigenvalue weighted by Gasteiger charge is -2.12. The van der Waals surface area contributed by atoms with Crippen molar-refractivity contribution in [1.29, 1.82) is 0 Å². The molecule has 0 spiro atoms. The Hall–Kier alpha value is -1.85. The van der Waals surface area contributed by atoms with E-state index < -0.39 is 0 Å². The van der Waals surface area contributed by atoms with E-state index in [0.29, 0.717) is 18.7 Å². The molecule has 1 unspecified atom stereocenters. The zero-order valence-corrected chi connectivity index (χ0v) is 14.9. The fraction of sp³-hybridized carbons (Fsp3) is 0.316. The summed E-state index contributed by atoms with van der Waals surface area (Å²) < 4.78 is 12.1. The minimum Gasteiger partial charge on any atom is -0.488 e. The quantitative estimate of drug-likeness (QED) is 0.813. The van der Waals surface area contributed by atoms with Crippen molar-refractivity contribution in [2.45, 2.75) is 25.6 Å². The Morgan fingerprint density at radius 2 is 2.08 bits per heavy atom. The molecule has 1 N–H and O–H groups in total. The molecule has 1 saturated heterocycles. The van der Waals surface area contributed by atoms with Gasteiger partial charge in [0, 0.05) is 18.7 Å². The van der Waals surface area contributed by atoms with Gasteiger partial charge in [0.25, 0.3) is 5.91 Å². The Bertz CT molecular complexity index is 684. The monoisotopic (exact) mass is 389 g/mol. The van der Waals surface area contributed by atoms with Gasteiger partial charge in [-0.25, -0.2) is 0 Å². The van der Waals surface area contributed by atoms with Gasteiger partial charge in [0.15, 0.2) is 0 Å². The molecule has 24 heavy (non-hydrogen) atoms. The fourth-order valence-corrected chi connectivity index (χ4v) is 3.10. The molecule has 1 amide bonds. The number of hydrogen-bond acceptors (Lipinski definition) is 3. The van der Waals surface area contributed by atoms with E-state index in [2.05, 4.69) is 21.2 Å². The normalized spacial score (nSPS) is 16.8. The summed E-state index contributed by atoms with van der Waals surface area (Å²) in [5.74, 6) is 0.621. The highest BCUT2D eigenvalue weighted by Crippen LogP contribution is 2.27. The Kier molecular flexibility index (Phi) is 5.88. The second kappa shape index (κ2) is 8.31. The smallest absolute Gasteiger partial charge is 0.251 e. The van der Waals surface area contributed by atoms with Crippen LogP contribution in [-0.4, -0.2) is 25.2 Å². The van der Waals surface area contributed by atoms with Gasteiger partial charge >= 0.3 is 0 Å². The third kappa shape index (κ3) is 4.58. The minimum atomic E-state index is -0.0965. The first-order valence-corrected chi connectivity index (χ1v) is 8.88. The molecule has 3 rings (SSSR count). The van der Waals surface area contributed by atoms with Crippen molar-refractivity contribution in [2.24, 2.45) is 0 Å². The first kappa shape index (κ1) is 17.0. The Morgan fingerprint density at radius 1 is 1.25 bits per heavy atom. The Balaban J connectivity index is 1.56. The summed E-state index contributed by atoms with van der Waals surface area (Å²) in [7, 11) is 0. The average molecular weight is 390 g/mol. The van der Waals surface area contributed by atoms with Crippen LogP contribution in [0.4, 0.5) is 0 Å². The van der Waals surface area contributed by atoms with Gasteiger partial charge in [0.05, 0.1) is 10.6 Å². The molecule has 2 aromatic rings. The standard InChI is InChI=1S/C19H20BrNO3/c20-17-11-15(19(22)21-12-16-7-4-10-23-16)8-9-18(17)24-13-14-5-2-1-3-6-14/h1-3,5-6,8-9,11,16H,4,7,10,12-13H2,(H,21,22). The van der Waals surface area contributed by atoms with Crippen LogP contribution in [0.3, 0.4) is 0 Å². The minimum absolute atomic E-state index is 0.0965. The third-order valence-corrected chi connectivity index (χ3v) is 4.57. The molecule has 4 nitrogen and oxygen atoms in total. The largest absolute Gasteiger partial charge is 0.488 e. The molecule has 126 valence electrons. The van der Waals surface area contributed by atoms with Gasteiger partial charge in [-0.3, -0.25) is 4.79 Å². The summed E-state index contributed by atoms with van der Waals surface area (Å²) in [5, 5.41) is 2.92. The average Bonchev–Trinajstić information content (AvgIpc) is 3.13. The second-order valence-corrected chi connectivity index (χ2v) is 6.62. The Morgan fingerprint density at radius 3 is 2.79 bits per heavy atom. The molecule has 0 saturated carbocycles. The van der Waals surface area contributed by atoms with E-state index in [9.17, 15) is 4.79 Å². The summed E-state index contributed by atoms with van der Waals surface area (Å²) in [6.45, 7) is 1.84. The summed E-state index contributed by atoms with van der Waals surface area (Å²) >= 11 is 3.48. The van der Waals surface area contributed by atoms with E-state index in [0.717, 1.165) is 35.2 Å². The van der Waals surface area contributed by atoms with Gasteiger partial charge in [-0.15, -0.1) is 0 Å². The first-order chi connectivity index (χ1) is 11.7. The predicted octanol–water partition coefficient (Wildman–Crippen LogP) is 3.94. The van der Waals surface area contributed by atoms with Crippen LogP contribution in [0.25, 0.3) is 0 Å². The first-order valence-electron chi connectivity index (χ1n) is 8.08. The lowest BCUT2D eigenvalue weighted by atomic mass is 10.2. The summed E-state index contributed by atoms with van der Waals surface area (Å²) in [4.78, 5) is 12.2. The van der Waals surface area contributed by atoms with Crippen molar-refractivity contribution in [3.63, 3.8) is 0 Å². The van der Waals surface area contributed by atoms with Crippen LogP contribution < -0.4 is 10.1 Å². The van der Waals surface area contributed by atoms with Gasteiger partial charge in [0.2, 0.25) is 0 Å². The molecular weight excluding hydrogens is 370 g/mol. The van der Waals surface area contributed by atoms with Crippen molar-refractivity contribution < 1.29 is 14.3 Å². The molecule has 1 fully saturated rings. The zero-order valence-electron chi connectivity index (χ0n) is 13.3. The second-order valence-electron chi connectivity index (χ2n) is 5.76. The third-order valence-electron chi connectivity index (χ3n) is 3.95. The number of benzene rings is 2. The number of carbonyl (C=O) groups excluding carboxylic acids is 1. The molecule has 0 aliphatic carbocycles. The van der Waals surface area contributed by atoms with E-state index in [4.69, 9.17) is 9.47 Å². The Labute approximate surface area is 150 Å². The molecule has 0 radical (unpaired) electrons. The molecule has 1 heterocycles. The molecule has 0 aromatic heterocycles. The van der Waals surface area contributed by atoms with Crippen LogP contribution in [0.2, 0.25) is 0 Å². The van der Waals surface area contributed by atoms with Gasteiger partial charge in [0.1, 0.15) is 12.4 Å². The number of ether oxygens (including phenoxy) is 2. The van der Waals surface area contributed by atoms with E-state index >= 15 is 0 Å². The summed E-state index contributed by atoms with van der Waals surface area (Å²) in [5.41, 5.74) is 1.70. The highest BCUT2D eigenvalue weighted by Gasteiger charge is 2.17. The van der Waals surface area contributed by atoms with Crippen LogP contribution >= 0.6 is 15.9 Å². The van der Waals surface area contributed by atoms with Crippen LogP contribution in [0.1, 0.15) is 28.8 Å². The lowest BCUT2D eigenvalue weighted by molar-refractivity contribution is 0.0857. The maximum absolute atomic E-state index is 12.2. The van der Waals surface area contributed by atoms with E-state index in [1.54, 1.807) is 12.1 Å². The molecule has 2 aromatic carbocycles. The SMILES string of the molecule is O=C(NCC1CCCO1)c1ccc(OCc2ccccc2)c(Br)c1. The van der Waals surface area contributed by atoms with Crippen molar-refractivity contribution in [3.05, 3.63) is 64.1 Å². The van der Waals surface area contributed by atoms with Crippen molar-refractivity contribution in [2.75, 3.05) is 13.2 Å². The number of rotatable bonds is 6. The van der Waals surface area contributed by atoms with Crippen molar-refractivity contribution in [1.82, 2.24) is 5.32 Å². The molecule has 1 atom stereocenters. The number of halogens is 1. The number of hydrogen-bond donors (Lipinski definition) is 1. The maximum atomic E-state index is 12.2. The van der Waals surface area contributed by atoms with Crippen LogP contribution in [-0.2, 0) is 11.3 Å². The van der Waals surface area contributed by atoms with Gasteiger partial charge < -0.3 is 14.8 Å². The highest BCUT2D eigenvalue weighted by atomic mass is 79.9. The van der Waals surface area contributed by atoms with Crippen LogP contribution in [0.15, 0.2) is 53.0 Å². The van der Waals surface area contributed by atoms with Crippen molar-refractivity contribution >= 4 is 21.8 Å².